The summed E-state index contributed by atoms with van der Waals surface area (Å²) in [7, 11) is -1.48. The quantitative estimate of drug-likeness (QED) is 0.716. The van der Waals surface area contributed by atoms with Gasteiger partial charge in [-0.2, -0.15) is 8.42 Å². The monoisotopic (exact) mass is 415 g/mol. The van der Waals surface area contributed by atoms with Crippen molar-refractivity contribution in [3.63, 3.8) is 0 Å². The average molecular weight is 416 g/mol. The molecule has 1 N–H and O–H groups in total. The predicted octanol–water partition coefficient (Wildman–Crippen LogP) is 2.54. The van der Waals surface area contributed by atoms with E-state index in [1.165, 1.54) is 32.4 Å². The SMILES string of the molecule is CNC(=O)C1=CC(Cl)=C(COC23CC4CC(CC(C4)C2)C3)C(=S(=O)=O)C1F. The van der Waals surface area contributed by atoms with Gasteiger partial charge in [-0.3, -0.25) is 4.79 Å². The molecule has 0 spiro atoms. The molecule has 0 aromatic carbocycles. The summed E-state index contributed by atoms with van der Waals surface area (Å²) in [5.74, 6) is 1.35. The van der Waals surface area contributed by atoms with Gasteiger partial charge in [-0.05, 0) is 62.4 Å². The third kappa shape index (κ3) is 3.38. The molecular weight excluding hydrogens is 393 g/mol. The second-order valence-electron chi connectivity index (χ2n) is 8.36. The minimum atomic E-state index is -2.84. The standard InChI is InChI=1S/C19H23ClFNO4S/c1-22-18(23)13-5-15(20)14(17(16(13)21)27(24)25)9-26-19-6-10-2-11(7-19)4-12(3-10)8-19/h5,10-12,16H,2-4,6-9H2,1H3,(H,22,23). The number of allylic oxidation sites excluding steroid dienone is 2. The van der Waals surface area contributed by atoms with Crippen molar-refractivity contribution in [2.75, 3.05) is 13.7 Å². The highest BCUT2D eigenvalue weighted by Gasteiger charge is 2.52. The number of rotatable bonds is 4. The molecule has 1 unspecified atom stereocenters. The van der Waals surface area contributed by atoms with Crippen molar-refractivity contribution in [3.05, 3.63) is 22.3 Å². The highest BCUT2D eigenvalue weighted by molar-refractivity contribution is 7.73. The van der Waals surface area contributed by atoms with Crippen LogP contribution in [0.15, 0.2) is 22.3 Å². The number of carbonyl (C=O) groups is 1. The van der Waals surface area contributed by atoms with Gasteiger partial charge in [0.2, 0.25) is 16.2 Å². The van der Waals surface area contributed by atoms with E-state index in [-0.39, 0.29) is 28.4 Å². The molecule has 148 valence electrons. The molecular formula is C19H23ClFNO4S. The maximum absolute atomic E-state index is 14.8. The van der Waals surface area contributed by atoms with E-state index in [1.807, 2.05) is 0 Å². The van der Waals surface area contributed by atoms with Crippen molar-refractivity contribution < 1.29 is 22.3 Å². The highest BCUT2D eigenvalue weighted by Crippen LogP contribution is 2.57. The number of ether oxygens (including phenoxy) is 1. The van der Waals surface area contributed by atoms with Gasteiger partial charge in [0.1, 0.15) is 4.86 Å². The van der Waals surface area contributed by atoms with Crippen LogP contribution in [0.3, 0.4) is 0 Å². The first-order valence-electron chi connectivity index (χ1n) is 9.38. The van der Waals surface area contributed by atoms with E-state index in [9.17, 15) is 17.6 Å². The number of alkyl halides is 1. The number of nitrogens with one attached hydrogen (secondary N) is 1. The van der Waals surface area contributed by atoms with E-state index >= 15 is 0 Å². The van der Waals surface area contributed by atoms with Crippen LogP contribution in [0.1, 0.15) is 38.5 Å². The smallest absolute Gasteiger partial charge is 0.250 e. The van der Waals surface area contributed by atoms with Crippen LogP contribution in [-0.4, -0.2) is 44.6 Å². The Morgan fingerprint density at radius 3 is 2.30 bits per heavy atom. The van der Waals surface area contributed by atoms with Gasteiger partial charge < -0.3 is 10.1 Å². The molecule has 1 amide bonds. The Bertz CT molecular complexity index is 833. The van der Waals surface area contributed by atoms with E-state index in [0.29, 0.717) is 17.8 Å². The molecule has 4 bridgehead atoms. The first-order chi connectivity index (χ1) is 12.8. The van der Waals surface area contributed by atoms with Crippen molar-refractivity contribution in [1.29, 1.82) is 0 Å². The fraction of sp³-hybridized carbons (Fsp3) is 0.684. The molecule has 0 aliphatic heterocycles. The zero-order chi connectivity index (χ0) is 19.3. The van der Waals surface area contributed by atoms with E-state index in [0.717, 1.165) is 19.3 Å². The van der Waals surface area contributed by atoms with Gasteiger partial charge in [0, 0.05) is 17.7 Å². The van der Waals surface area contributed by atoms with Gasteiger partial charge in [0.15, 0.2) is 6.17 Å². The summed E-state index contributed by atoms with van der Waals surface area (Å²) in [5.41, 5.74) is -0.425. The normalized spacial score (nSPS) is 37.4. The number of hydrogen-bond donors (Lipinski definition) is 1. The number of carbonyl (C=O) groups excluding carboxylic acids is 1. The highest BCUT2D eigenvalue weighted by atomic mass is 35.5. The summed E-state index contributed by atoms with van der Waals surface area (Å²) in [6.45, 7) is -0.0494. The van der Waals surface area contributed by atoms with Crippen LogP contribution in [-0.2, 0) is 19.8 Å². The molecule has 0 saturated heterocycles. The van der Waals surface area contributed by atoms with Gasteiger partial charge in [-0.1, -0.05) is 11.6 Å². The molecule has 27 heavy (non-hydrogen) atoms. The minimum Gasteiger partial charge on any atom is -0.370 e. The van der Waals surface area contributed by atoms with Crippen molar-refractivity contribution in [2.24, 2.45) is 17.8 Å². The molecule has 0 aromatic rings. The molecule has 5 nitrogen and oxygen atoms in total. The largest absolute Gasteiger partial charge is 0.370 e. The van der Waals surface area contributed by atoms with Crippen molar-refractivity contribution in [2.45, 2.75) is 50.3 Å². The van der Waals surface area contributed by atoms with Gasteiger partial charge in [0.05, 0.1) is 17.8 Å². The van der Waals surface area contributed by atoms with Crippen LogP contribution in [0.25, 0.3) is 0 Å². The summed E-state index contributed by atoms with van der Waals surface area (Å²) < 4.78 is 44.5. The summed E-state index contributed by atoms with van der Waals surface area (Å²) in [6.07, 6.45) is 5.91. The van der Waals surface area contributed by atoms with Gasteiger partial charge in [-0.25, -0.2) is 4.39 Å². The third-order valence-electron chi connectivity index (χ3n) is 6.54. The molecule has 0 aromatic heterocycles. The van der Waals surface area contributed by atoms with Crippen molar-refractivity contribution in [1.82, 2.24) is 5.32 Å². The summed E-state index contributed by atoms with van der Waals surface area (Å²) in [6, 6.07) is 0. The van der Waals surface area contributed by atoms with Gasteiger partial charge >= 0.3 is 0 Å². The van der Waals surface area contributed by atoms with Crippen LogP contribution < -0.4 is 5.32 Å². The molecule has 8 heteroatoms. The number of likely N-dealkylation sites (N-methyl/N-ethyl adjacent to an activating group) is 1. The third-order valence-corrected chi connectivity index (χ3v) is 7.69. The summed E-state index contributed by atoms with van der Waals surface area (Å²) in [4.78, 5) is 11.3. The fourth-order valence-corrected chi connectivity index (χ4v) is 6.79. The Hall–Kier alpha value is -1.18. The van der Waals surface area contributed by atoms with E-state index in [4.69, 9.17) is 16.3 Å². The first kappa shape index (κ1) is 19.2. The first-order valence-corrected chi connectivity index (χ1v) is 10.8. The van der Waals surface area contributed by atoms with Crippen LogP contribution >= 0.6 is 11.6 Å². The Morgan fingerprint density at radius 2 is 1.81 bits per heavy atom. The lowest BCUT2D eigenvalue weighted by Crippen LogP contribution is -2.52. The van der Waals surface area contributed by atoms with E-state index < -0.39 is 27.2 Å². The Labute approximate surface area is 164 Å². The Kier molecular flexibility index (Phi) is 4.97. The molecule has 4 fully saturated rings. The van der Waals surface area contributed by atoms with Crippen molar-refractivity contribution in [3.8, 4) is 0 Å². The van der Waals surface area contributed by atoms with E-state index in [2.05, 4.69) is 5.32 Å². The molecule has 0 heterocycles. The molecule has 5 aliphatic carbocycles. The Morgan fingerprint density at radius 1 is 1.26 bits per heavy atom. The number of halogens is 2. The Balaban J connectivity index is 1.61. The molecule has 5 aliphatic rings. The van der Waals surface area contributed by atoms with Crippen LogP contribution in [0, 0.1) is 17.8 Å². The van der Waals surface area contributed by atoms with Crippen LogP contribution in [0.2, 0.25) is 0 Å². The number of amides is 1. The zero-order valence-corrected chi connectivity index (χ0v) is 16.7. The minimum absolute atomic E-state index is 0.0476. The topological polar surface area (TPSA) is 72.5 Å². The maximum Gasteiger partial charge on any atom is 0.250 e. The molecule has 0 radical (unpaired) electrons. The summed E-state index contributed by atoms with van der Waals surface area (Å²) >= 11 is 6.25. The van der Waals surface area contributed by atoms with Gasteiger partial charge in [-0.15, -0.1) is 0 Å². The second kappa shape index (κ2) is 7.01. The lowest BCUT2D eigenvalue weighted by Gasteiger charge is -2.56. The molecule has 4 saturated carbocycles. The lowest BCUT2D eigenvalue weighted by atomic mass is 9.54. The lowest BCUT2D eigenvalue weighted by molar-refractivity contribution is -0.156. The van der Waals surface area contributed by atoms with Gasteiger partial charge in [0.25, 0.3) is 0 Å². The molecule has 1 atom stereocenters. The average Bonchev–Trinajstić information content (AvgIpc) is 2.59. The predicted molar refractivity (Wildman–Crippen MR) is 101 cm³/mol. The van der Waals surface area contributed by atoms with E-state index in [1.54, 1.807) is 0 Å². The van der Waals surface area contributed by atoms with Crippen molar-refractivity contribution >= 4 is 32.7 Å². The van der Waals surface area contributed by atoms with Crippen LogP contribution in [0.5, 0.6) is 0 Å². The summed E-state index contributed by atoms with van der Waals surface area (Å²) in [5, 5.41) is 2.35. The van der Waals surface area contributed by atoms with Crippen LogP contribution in [0.4, 0.5) is 4.39 Å². The second-order valence-corrected chi connectivity index (χ2v) is 9.67. The molecule has 5 rings (SSSR count). The fourth-order valence-electron chi connectivity index (χ4n) is 5.79. The number of hydrogen-bond acceptors (Lipinski definition) is 4. The maximum atomic E-state index is 14.8. The zero-order valence-electron chi connectivity index (χ0n) is 15.1.